The van der Waals surface area contributed by atoms with E-state index >= 15 is 0 Å². The van der Waals surface area contributed by atoms with Gasteiger partial charge in [0.15, 0.2) is 11.5 Å². The minimum absolute atomic E-state index is 0.163. The number of hydrogen-bond acceptors (Lipinski definition) is 6. The van der Waals surface area contributed by atoms with Crippen LogP contribution < -0.4 is 5.48 Å². The van der Waals surface area contributed by atoms with E-state index in [1.165, 1.54) is 57.4 Å². The first-order valence-electron chi connectivity index (χ1n) is 14.2. The first-order chi connectivity index (χ1) is 17.0. The minimum Gasteiger partial charge on any atom is -0.486 e. The van der Waals surface area contributed by atoms with Gasteiger partial charge in [0, 0.05) is 35.0 Å². The van der Waals surface area contributed by atoms with Crippen LogP contribution in [0.5, 0.6) is 0 Å². The number of fused-ring (bicyclic) bond motifs is 3. The van der Waals surface area contributed by atoms with Crippen molar-refractivity contribution in [2.75, 3.05) is 0 Å². The van der Waals surface area contributed by atoms with E-state index in [1.807, 2.05) is 6.92 Å². The number of ether oxygens (including phenoxy) is 1. The van der Waals surface area contributed by atoms with Gasteiger partial charge in [-0.15, -0.1) is 0 Å². The first kappa shape index (κ1) is 25.2. The smallest absolute Gasteiger partial charge is 0.329 e. The van der Waals surface area contributed by atoms with Gasteiger partial charge in [-0.05, 0) is 101 Å². The minimum atomic E-state index is -0.310. The monoisotopic (exact) mass is 501 g/mol. The number of nitrogens with one attached hydrogen (secondary N) is 1. The summed E-state index contributed by atoms with van der Waals surface area (Å²) in [6.07, 6.45) is 19.3. The van der Waals surface area contributed by atoms with Crippen LogP contribution in [-0.4, -0.2) is 28.4 Å². The highest BCUT2D eigenvalue weighted by atomic mass is 32.2. The van der Waals surface area contributed by atoms with Gasteiger partial charge >= 0.3 is 5.97 Å². The number of thioether (sulfide) groups is 1. The number of allylic oxidation sites excluding steroid dienone is 3. The highest BCUT2D eigenvalue weighted by Gasteiger charge is 2.45. The van der Waals surface area contributed by atoms with Gasteiger partial charge in [-0.25, -0.2) is 5.48 Å². The summed E-state index contributed by atoms with van der Waals surface area (Å²) >= 11 is 2.16. The number of ketones is 1. The molecular weight excluding hydrogens is 458 g/mol. The Labute approximate surface area is 215 Å². The first-order valence-corrected chi connectivity index (χ1v) is 15.1. The molecule has 0 aromatic carbocycles. The normalized spacial score (nSPS) is 36.8. The molecule has 5 nitrogen and oxygen atoms in total. The van der Waals surface area contributed by atoms with Gasteiger partial charge < -0.3 is 9.57 Å². The zero-order chi connectivity index (χ0) is 24.4. The number of rotatable bonds is 6. The molecule has 0 spiro atoms. The van der Waals surface area contributed by atoms with Crippen molar-refractivity contribution in [1.82, 2.24) is 5.48 Å². The third-order valence-corrected chi connectivity index (χ3v) is 11.1. The largest absolute Gasteiger partial charge is 0.486 e. The van der Waals surface area contributed by atoms with Crippen molar-refractivity contribution in [3.63, 3.8) is 0 Å². The van der Waals surface area contributed by atoms with Crippen molar-refractivity contribution in [3.8, 4) is 0 Å². The lowest BCUT2D eigenvalue weighted by Crippen LogP contribution is -2.37. The molecule has 1 heterocycles. The van der Waals surface area contributed by atoms with Crippen LogP contribution >= 0.6 is 11.8 Å². The highest BCUT2D eigenvalue weighted by Crippen LogP contribution is 2.49. The molecule has 1 aliphatic heterocycles. The second kappa shape index (κ2) is 11.3. The summed E-state index contributed by atoms with van der Waals surface area (Å²) in [5.41, 5.74) is 5.16. The second-order valence-electron chi connectivity index (χ2n) is 11.6. The van der Waals surface area contributed by atoms with Crippen molar-refractivity contribution in [2.45, 2.75) is 120 Å². The molecule has 4 unspecified atom stereocenters. The van der Waals surface area contributed by atoms with E-state index in [1.54, 1.807) is 0 Å². The van der Waals surface area contributed by atoms with Gasteiger partial charge in [0.1, 0.15) is 6.10 Å². The van der Waals surface area contributed by atoms with E-state index in [0.29, 0.717) is 22.2 Å². The molecule has 0 radical (unpaired) electrons. The van der Waals surface area contributed by atoms with E-state index in [4.69, 9.17) is 9.57 Å². The van der Waals surface area contributed by atoms with Crippen molar-refractivity contribution in [2.24, 2.45) is 23.7 Å². The van der Waals surface area contributed by atoms with Crippen LogP contribution in [0.15, 0.2) is 23.1 Å². The Morgan fingerprint density at radius 3 is 2.37 bits per heavy atom. The second-order valence-corrected chi connectivity index (χ2v) is 13.3. The number of Topliss-reactive ketones (excluding diaryl/α,β-unsaturated/α-hetero) is 1. The summed E-state index contributed by atoms with van der Waals surface area (Å²) in [5, 5.41) is 1.38. The third-order valence-electron chi connectivity index (χ3n) is 9.42. The van der Waals surface area contributed by atoms with E-state index in [9.17, 15) is 9.59 Å². The molecule has 194 valence electrons. The Bertz CT molecular complexity index is 849. The molecule has 4 atom stereocenters. The maximum Gasteiger partial charge on any atom is 0.329 e. The summed E-state index contributed by atoms with van der Waals surface area (Å²) in [7, 11) is 0. The number of hydroxylamine groups is 1. The lowest BCUT2D eigenvalue weighted by Gasteiger charge is -2.41. The molecule has 0 saturated heterocycles. The zero-order valence-corrected chi connectivity index (χ0v) is 22.4. The van der Waals surface area contributed by atoms with Crippen molar-refractivity contribution in [1.29, 1.82) is 0 Å². The van der Waals surface area contributed by atoms with Crippen molar-refractivity contribution < 1.29 is 19.2 Å². The van der Waals surface area contributed by atoms with Crippen LogP contribution in [0.25, 0.3) is 0 Å². The summed E-state index contributed by atoms with van der Waals surface area (Å²) in [5.74, 6) is 3.01. The van der Waals surface area contributed by atoms with Gasteiger partial charge in [-0.3, -0.25) is 9.59 Å². The molecule has 4 aliphatic carbocycles. The van der Waals surface area contributed by atoms with Crippen LogP contribution in [-0.2, 0) is 19.2 Å². The molecule has 35 heavy (non-hydrogen) atoms. The predicted octanol–water partition coefficient (Wildman–Crippen LogP) is 6.63. The standard InChI is InChI=1S/C29H43NO4S/c1-18(30-34-19(2)31)20-7-12-23(13-8-20)35-24-14-9-22(10-15-24)29(32)28-17-26-25-6-4-3-5-21(25)11-16-27(26)33-28/h17,21-27,30H,3-16H2,1-2H3. The van der Waals surface area contributed by atoms with Crippen LogP contribution in [0.3, 0.4) is 0 Å². The fourth-order valence-corrected chi connectivity index (χ4v) is 9.04. The summed E-state index contributed by atoms with van der Waals surface area (Å²) in [4.78, 5) is 29.3. The van der Waals surface area contributed by atoms with E-state index < -0.39 is 0 Å². The molecule has 5 rings (SSSR count). The number of carbonyl (C=O) groups is 2. The number of hydrogen-bond donors (Lipinski definition) is 1. The Morgan fingerprint density at radius 2 is 1.63 bits per heavy atom. The summed E-state index contributed by atoms with van der Waals surface area (Å²) in [6.45, 7) is 3.41. The van der Waals surface area contributed by atoms with Crippen LogP contribution in [0.2, 0.25) is 0 Å². The Morgan fingerprint density at radius 1 is 0.914 bits per heavy atom. The summed E-state index contributed by atoms with van der Waals surface area (Å²) in [6, 6.07) is 0. The van der Waals surface area contributed by atoms with Crippen LogP contribution in [0.1, 0.15) is 104 Å². The summed E-state index contributed by atoms with van der Waals surface area (Å²) < 4.78 is 6.31. The van der Waals surface area contributed by atoms with Crippen LogP contribution in [0, 0.1) is 23.7 Å². The highest BCUT2D eigenvalue weighted by molar-refractivity contribution is 8.00. The molecule has 6 heteroatoms. The van der Waals surface area contributed by atoms with Crippen molar-refractivity contribution >= 4 is 23.5 Å². The molecule has 0 aromatic rings. The average Bonchev–Trinajstić information content (AvgIpc) is 3.33. The van der Waals surface area contributed by atoms with Crippen molar-refractivity contribution in [3.05, 3.63) is 23.1 Å². The molecule has 0 bridgehead atoms. The van der Waals surface area contributed by atoms with E-state index in [2.05, 4.69) is 23.3 Å². The predicted molar refractivity (Wildman–Crippen MR) is 139 cm³/mol. The molecule has 5 aliphatic rings. The average molecular weight is 502 g/mol. The lowest BCUT2D eigenvalue weighted by molar-refractivity contribution is -0.146. The molecule has 0 amide bonds. The zero-order valence-electron chi connectivity index (χ0n) is 21.6. The molecule has 4 fully saturated rings. The maximum atomic E-state index is 13.4. The number of carbonyl (C=O) groups excluding carboxylic acids is 2. The molecule has 1 N–H and O–H groups in total. The molecule has 4 saturated carbocycles. The maximum absolute atomic E-state index is 13.4. The molecule has 0 aromatic heterocycles. The quantitative estimate of drug-likeness (QED) is 0.412. The third kappa shape index (κ3) is 5.94. The Hall–Kier alpha value is -1.43. The lowest BCUT2D eigenvalue weighted by atomic mass is 9.65. The Kier molecular flexibility index (Phi) is 8.15. The SMILES string of the molecule is CC(=O)ONC(C)=C1CCC(SC2CCC(C(=O)C3=CC4C(CCC5CCCCC54)O3)CC2)CC1. The van der Waals surface area contributed by atoms with E-state index in [0.717, 1.165) is 68.2 Å². The molecular formula is C29H43NO4S. The van der Waals surface area contributed by atoms with Gasteiger partial charge in [-0.2, -0.15) is 11.8 Å². The Balaban J connectivity index is 1.07. The fourth-order valence-electron chi connectivity index (χ4n) is 7.44. The van der Waals surface area contributed by atoms with Gasteiger partial charge in [0.2, 0.25) is 0 Å². The van der Waals surface area contributed by atoms with E-state index in [-0.39, 0.29) is 18.0 Å². The van der Waals surface area contributed by atoms with Gasteiger partial charge in [0.05, 0.1) is 0 Å². The van der Waals surface area contributed by atoms with Crippen LogP contribution in [0.4, 0.5) is 0 Å². The fraction of sp³-hybridized carbons (Fsp3) is 0.793. The topological polar surface area (TPSA) is 64.6 Å². The van der Waals surface area contributed by atoms with Gasteiger partial charge in [0.25, 0.3) is 0 Å². The van der Waals surface area contributed by atoms with Gasteiger partial charge in [-0.1, -0.05) is 19.3 Å².